The standard InChI is InChI=1S/C21H22N2O/c1-14-2-6-16(7-3-14)17-8-9-20-19(10-17)18(11-21(22)24)13-23(20)12-15-4-5-15/h2-3,6-10,13,15H,4-5,11-12H2,1H3,(H2,22,24). The van der Waals surface area contributed by atoms with Crippen LogP contribution in [0.1, 0.15) is 24.0 Å². The minimum Gasteiger partial charge on any atom is -0.369 e. The van der Waals surface area contributed by atoms with Crippen molar-refractivity contribution in [3.8, 4) is 11.1 Å². The number of primary amides is 1. The van der Waals surface area contributed by atoms with Gasteiger partial charge in [0, 0.05) is 23.6 Å². The summed E-state index contributed by atoms with van der Waals surface area (Å²) in [4.78, 5) is 11.5. The molecule has 0 spiro atoms. The summed E-state index contributed by atoms with van der Waals surface area (Å²) < 4.78 is 2.30. The normalized spacial score (nSPS) is 14.2. The Morgan fingerprint density at radius 3 is 2.50 bits per heavy atom. The van der Waals surface area contributed by atoms with Crippen LogP contribution in [-0.2, 0) is 17.8 Å². The van der Waals surface area contributed by atoms with Crippen molar-refractivity contribution >= 4 is 16.8 Å². The lowest BCUT2D eigenvalue weighted by Crippen LogP contribution is -2.13. The molecule has 1 aliphatic rings. The predicted molar refractivity (Wildman–Crippen MR) is 97.7 cm³/mol. The summed E-state index contributed by atoms with van der Waals surface area (Å²) in [6.45, 7) is 3.13. The highest BCUT2D eigenvalue weighted by Crippen LogP contribution is 2.34. The number of hydrogen-bond acceptors (Lipinski definition) is 1. The zero-order chi connectivity index (χ0) is 16.7. The molecule has 1 saturated carbocycles. The van der Waals surface area contributed by atoms with Crippen LogP contribution in [0.15, 0.2) is 48.7 Å². The fourth-order valence-electron chi connectivity index (χ4n) is 3.35. The molecule has 122 valence electrons. The number of carbonyl (C=O) groups is 1. The maximum atomic E-state index is 11.5. The Balaban J connectivity index is 1.80. The molecule has 3 heteroatoms. The van der Waals surface area contributed by atoms with Crippen molar-refractivity contribution in [3.05, 3.63) is 59.8 Å². The summed E-state index contributed by atoms with van der Waals surface area (Å²) in [7, 11) is 0. The average Bonchev–Trinajstić information content (AvgIpc) is 3.31. The molecule has 0 atom stereocenters. The Hall–Kier alpha value is -2.55. The fourth-order valence-corrected chi connectivity index (χ4v) is 3.35. The Morgan fingerprint density at radius 1 is 1.12 bits per heavy atom. The van der Waals surface area contributed by atoms with Gasteiger partial charge in [0.15, 0.2) is 0 Å². The van der Waals surface area contributed by atoms with E-state index in [1.54, 1.807) is 0 Å². The number of rotatable bonds is 5. The van der Waals surface area contributed by atoms with Gasteiger partial charge in [-0.2, -0.15) is 0 Å². The van der Waals surface area contributed by atoms with Crippen molar-refractivity contribution in [1.29, 1.82) is 0 Å². The lowest BCUT2D eigenvalue weighted by Gasteiger charge is -2.06. The molecule has 2 N–H and O–H groups in total. The van der Waals surface area contributed by atoms with E-state index in [0.717, 1.165) is 23.4 Å². The molecule has 0 saturated heterocycles. The molecule has 4 rings (SSSR count). The largest absolute Gasteiger partial charge is 0.369 e. The van der Waals surface area contributed by atoms with Crippen molar-refractivity contribution in [2.45, 2.75) is 32.7 Å². The zero-order valence-corrected chi connectivity index (χ0v) is 14.0. The third-order valence-corrected chi connectivity index (χ3v) is 4.87. The number of nitrogens with two attached hydrogens (primary N) is 1. The Labute approximate surface area is 142 Å². The molecule has 24 heavy (non-hydrogen) atoms. The van der Waals surface area contributed by atoms with Crippen LogP contribution < -0.4 is 5.73 Å². The van der Waals surface area contributed by atoms with E-state index in [2.05, 4.69) is 60.2 Å². The van der Waals surface area contributed by atoms with E-state index in [-0.39, 0.29) is 5.91 Å². The van der Waals surface area contributed by atoms with E-state index in [4.69, 9.17) is 5.73 Å². The van der Waals surface area contributed by atoms with Gasteiger partial charge in [0.1, 0.15) is 0 Å². The first kappa shape index (κ1) is 15.0. The second-order valence-electron chi connectivity index (χ2n) is 6.99. The van der Waals surface area contributed by atoms with Gasteiger partial charge in [0.25, 0.3) is 0 Å². The summed E-state index contributed by atoms with van der Waals surface area (Å²) in [5.74, 6) is 0.514. The Morgan fingerprint density at radius 2 is 1.83 bits per heavy atom. The molecule has 3 nitrogen and oxygen atoms in total. The van der Waals surface area contributed by atoms with E-state index in [9.17, 15) is 4.79 Å². The van der Waals surface area contributed by atoms with Gasteiger partial charge in [0.2, 0.25) is 5.91 Å². The van der Waals surface area contributed by atoms with Gasteiger partial charge in [0.05, 0.1) is 6.42 Å². The first-order valence-electron chi connectivity index (χ1n) is 8.57. The quantitative estimate of drug-likeness (QED) is 0.758. The molecule has 1 aromatic heterocycles. The minimum absolute atomic E-state index is 0.277. The lowest BCUT2D eigenvalue weighted by atomic mass is 10.0. The first-order chi connectivity index (χ1) is 11.6. The number of carbonyl (C=O) groups excluding carboxylic acids is 1. The minimum atomic E-state index is -0.277. The summed E-state index contributed by atoms with van der Waals surface area (Å²) in [6, 6.07) is 15.1. The molecule has 0 bridgehead atoms. The van der Waals surface area contributed by atoms with Gasteiger partial charge in [-0.25, -0.2) is 0 Å². The molecule has 1 amide bonds. The second-order valence-corrected chi connectivity index (χ2v) is 6.99. The van der Waals surface area contributed by atoms with E-state index in [1.165, 1.54) is 35.0 Å². The van der Waals surface area contributed by atoms with Crippen LogP contribution in [0.2, 0.25) is 0 Å². The maximum Gasteiger partial charge on any atom is 0.221 e. The van der Waals surface area contributed by atoms with E-state index >= 15 is 0 Å². The number of nitrogens with zero attached hydrogens (tertiary/aromatic N) is 1. The van der Waals surface area contributed by atoms with Crippen molar-refractivity contribution in [2.75, 3.05) is 0 Å². The van der Waals surface area contributed by atoms with Crippen LogP contribution in [-0.4, -0.2) is 10.5 Å². The number of aromatic nitrogens is 1. The monoisotopic (exact) mass is 318 g/mol. The van der Waals surface area contributed by atoms with Crippen LogP contribution in [0.3, 0.4) is 0 Å². The maximum absolute atomic E-state index is 11.5. The number of amides is 1. The number of benzene rings is 2. The van der Waals surface area contributed by atoms with E-state index in [0.29, 0.717) is 6.42 Å². The molecule has 0 aliphatic heterocycles. The van der Waals surface area contributed by atoms with Crippen LogP contribution in [0.5, 0.6) is 0 Å². The van der Waals surface area contributed by atoms with Crippen LogP contribution in [0.4, 0.5) is 0 Å². The molecule has 1 aliphatic carbocycles. The Kier molecular flexibility index (Phi) is 3.64. The van der Waals surface area contributed by atoms with Gasteiger partial charge in [-0.1, -0.05) is 35.9 Å². The molecule has 0 radical (unpaired) electrons. The highest BCUT2D eigenvalue weighted by molar-refractivity contribution is 5.92. The molecule has 3 aromatic rings. The zero-order valence-electron chi connectivity index (χ0n) is 14.0. The molecule has 0 unspecified atom stereocenters. The topological polar surface area (TPSA) is 48.0 Å². The van der Waals surface area contributed by atoms with E-state index < -0.39 is 0 Å². The summed E-state index contributed by atoms with van der Waals surface area (Å²) in [5.41, 5.74) is 11.3. The number of hydrogen-bond donors (Lipinski definition) is 1. The molecular weight excluding hydrogens is 296 g/mol. The third kappa shape index (κ3) is 2.94. The lowest BCUT2D eigenvalue weighted by molar-refractivity contribution is -0.117. The van der Waals surface area contributed by atoms with Crippen LogP contribution >= 0.6 is 0 Å². The average molecular weight is 318 g/mol. The van der Waals surface area contributed by atoms with Gasteiger partial charge < -0.3 is 10.3 Å². The van der Waals surface area contributed by atoms with Gasteiger partial charge in [-0.3, -0.25) is 4.79 Å². The number of aryl methyl sites for hydroxylation is 1. The van der Waals surface area contributed by atoms with Crippen molar-refractivity contribution in [3.63, 3.8) is 0 Å². The third-order valence-electron chi connectivity index (χ3n) is 4.87. The predicted octanol–water partition coefficient (Wildman–Crippen LogP) is 4.05. The molecular formula is C21H22N2O. The summed E-state index contributed by atoms with van der Waals surface area (Å²) in [5, 5.41) is 1.15. The van der Waals surface area contributed by atoms with Gasteiger partial charge >= 0.3 is 0 Å². The fraction of sp³-hybridized carbons (Fsp3) is 0.286. The van der Waals surface area contributed by atoms with E-state index in [1.807, 2.05) is 0 Å². The Bertz CT molecular complexity index is 901. The first-order valence-corrected chi connectivity index (χ1v) is 8.57. The number of fused-ring (bicyclic) bond motifs is 1. The highest BCUT2D eigenvalue weighted by atomic mass is 16.1. The molecule has 2 aromatic carbocycles. The molecule has 1 fully saturated rings. The van der Waals surface area contributed by atoms with Gasteiger partial charge in [-0.15, -0.1) is 0 Å². The molecule has 1 heterocycles. The van der Waals surface area contributed by atoms with Gasteiger partial charge in [-0.05, 0) is 54.5 Å². The summed E-state index contributed by atoms with van der Waals surface area (Å²) >= 11 is 0. The van der Waals surface area contributed by atoms with Crippen LogP contribution in [0, 0.1) is 12.8 Å². The second kappa shape index (κ2) is 5.82. The van der Waals surface area contributed by atoms with Crippen LogP contribution in [0.25, 0.3) is 22.0 Å². The summed E-state index contributed by atoms with van der Waals surface area (Å²) in [6.07, 6.45) is 5.04. The van der Waals surface area contributed by atoms with Crippen molar-refractivity contribution < 1.29 is 4.79 Å². The highest BCUT2D eigenvalue weighted by Gasteiger charge is 2.23. The van der Waals surface area contributed by atoms with Crippen molar-refractivity contribution in [1.82, 2.24) is 4.57 Å². The smallest absolute Gasteiger partial charge is 0.221 e. The SMILES string of the molecule is Cc1ccc(-c2ccc3c(c2)c(CC(N)=O)cn3CC2CC2)cc1. The van der Waals surface area contributed by atoms with Crippen molar-refractivity contribution in [2.24, 2.45) is 11.7 Å².